The van der Waals surface area contributed by atoms with Crippen molar-refractivity contribution in [3.8, 4) is 0 Å². The van der Waals surface area contributed by atoms with E-state index in [1.807, 2.05) is 18.3 Å². The van der Waals surface area contributed by atoms with Gasteiger partial charge in [-0.25, -0.2) is 0 Å². The maximum Gasteiger partial charge on any atom is 0.255 e. The third-order valence-electron chi connectivity index (χ3n) is 4.02. The fraction of sp³-hybridized carbons (Fsp3) is 0.400. The highest BCUT2D eigenvalue weighted by Gasteiger charge is 2.25. The number of halogens is 1. The number of pyridine rings is 1. The Labute approximate surface area is 122 Å². The second-order valence-electron chi connectivity index (χ2n) is 5.27. The molecule has 1 aliphatic heterocycles. The number of β-amino-alcohol motifs (C(OH)–C–C–N with tert-alkyl or cyclic N) is 1. The second kappa shape index (κ2) is 5.56. The third-order valence-corrected chi connectivity index (χ3v) is 4.26. The number of rotatable bonds is 3. The van der Waals surface area contributed by atoms with Crippen LogP contribution in [0.3, 0.4) is 0 Å². The predicted molar refractivity (Wildman–Crippen MR) is 80.5 cm³/mol. The Morgan fingerprint density at radius 1 is 1.40 bits per heavy atom. The largest absolute Gasteiger partial charge is 0.395 e. The van der Waals surface area contributed by atoms with Crippen molar-refractivity contribution in [2.75, 3.05) is 26.2 Å². The molecule has 0 radical (unpaired) electrons. The molecule has 2 heterocycles. The summed E-state index contributed by atoms with van der Waals surface area (Å²) in [6.45, 7) is 2.81. The number of nitrogens with one attached hydrogen (secondary N) is 1. The zero-order valence-electron chi connectivity index (χ0n) is 11.1. The Morgan fingerprint density at radius 2 is 2.25 bits per heavy atom. The van der Waals surface area contributed by atoms with Crippen molar-refractivity contribution in [3.63, 3.8) is 0 Å². The van der Waals surface area contributed by atoms with Crippen LogP contribution in [0, 0.1) is 0 Å². The van der Waals surface area contributed by atoms with Gasteiger partial charge in [-0.15, -0.1) is 0 Å². The first kappa shape index (κ1) is 13.6. The fourth-order valence-corrected chi connectivity index (χ4v) is 3.20. The maximum atomic E-state index is 11.9. The van der Waals surface area contributed by atoms with E-state index in [1.165, 1.54) is 0 Å². The van der Waals surface area contributed by atoms with Crippen molar-refractivity contribution in [1.29, 1.82) is 0 Å². The van der Waals surface area contributed by atoms with Gasteiger partial charge < -0.3 is 15.0 Å². The highest BCUT2D eigenvalue weighted by molar-refractivity contribution is 6.31. The first-order valence-corrected chi connectivity index (χ1v) is 7.21. The topological polar surface area (TPSA) is 56.3 Å². The first-order chi connectivity index (χ1) is 9.69. The lowest BCUT2D eigenvalue weighted by Crippen LogP contribution is -2.24. The molecule has 3 rings (SSSR count). The zero-order chi connectivity index (χ0) is 14.1. The lowest BCUT2D eigenvalue weighted by atomic mass is 9.95. The molecule has 0 spiro atoms. The average molecular weight is 293 g/mol. The molecule has 0 saturated carbocycles. The molecule has 0 aliphatic carbocycles. The number of aliphatic hydroxyl groups is 1. The third kappa shape index (κ3) is 2.46. The minimum atomic E-state index is -0.100. The van der Waals surface area contributed by atoms with Crippen LogP contribution in [0.2, 0.25) is 5.02 Å². The molecule has 4 nitrogen and oxygen atoms in total. The number of H-pyrrole nitrogens is 1. The molecule has 2 N–H and O–H groups in total. The summed E-state index contributed by atoms with van der Waals surface area (Å²) in [5.74, 6) is 0.391. The molecule has 0 bridgehead atoms. The number of hydrogen-bond acceptors (Lipinski definition) is 3. The van der Waals surface area contributed by atoms with Gasteiger partial charge in [0.25, 0.3) is 5.56 Å². The first-order valence-electron chi connectivity index (χ1n) is 6.83. The summed E-state index contributed by atoms with van der Waals surface area (Å²) in [6, 6.07) is 5.48. The minimum absolute atomic E-state index is 0.100. The van der Waals surface area contributed by atoms with Crippen molar-refractivity contribution in [2.24, 2.45) is 0 Å². The Bertz CT molecular complexity index is 683. The normalized spacial score (nSPS) is 19.8. The van der Waals surface area contributed by atoms with Gasteiger partial charge in [-0.1, -0.05) is 17.7 Å². The quantitative estimate of drug-likeness (QED) is 0.909. The lowest BCUT2D eigenvalue weighted by Gasteiger charge is -2.15. The summed E-state index contributed by atoms with van der Waals surface area (Å²) in [7, 11) is 0. The van der Waals surface area contributed by atoms with Crippen molar-refractivity contribution in [2.45, 2.75) is 12.3 Å². The van der Waals surface area contributed by atoms with E-state index in [9.17, 15) is 4.79 Å². The molecule has 0 amide bonds. The molecule has 1 fully saturated rings. The number of aromatic nitrogens is 1. The average Bonchev–Trinajstić information content (AvgIpc) is 2.89. The van der Waals surface area contributed by atoms with E-state index in [0.717, 1.165) is 30.5 Å². The van der Waals surface area contributed by atoms with Gasteiger partial charge in [-0.2, -0.15) is 0 Å². The summed E-state index contributed by atoms with van der Waals surface area (Å²) >= 11 is 5.98. The molecule has 106 valence electrons. The van der Waals surface area contributed by atoms with Crippen molar-refractivity contribution >= 4 is 22.4 Å². The minimum Gasteiger partial charge on any atom is -0.395 e. The van der Waals surface area contributed by atoms with Crippen molar-refractivity contribution in [1.82, 2.24) is 9.88 Å². The van der Waals surface area contributed by atoms with Crippen LogP contribution in [-0.2, 0) is 0 Å². The lowest BCUT2D eigenvalue weighted by molar-refractivity contribution is 0.220. The zero-order valence-corrected chi connectivity index (χ0v) is 11.9. The Morgan fingerprint density at radius 3 is 3.05 bits per heavy atom. The number of nitrogens with zero attached hydrogens (tertiary/aromatic N) is 1. The molecule has 1 saturated heterocycles. The van der Waals surface area contributed by atoms with E-state index in [0.29, 0.717) is 22.9 Å². The fourth-order valence-electron chi connectivity index (χ4n) is 3.02. The van der Waals surface area contributed by atoms with E-state index in [1.54, 1.807) is 6.07 Å². The van der Waals surface area contributed by atoms with Crippen LogP contribution >= 0.6 is 11.6 Å². The maximum absolute atomic E-state index is 11.9. The van der Waals surface area contributed by atoms with Crippen LogP contribution < -0.4 is 5.56 Å². The van der Waals surface area contributed by atoms with Crippen LogP contribution in [-0.4, -0.2) is 41.2 Å². The molecule has 5 heteroatoms. The monoisotopic (exact) mass is 292 g/mol. The smallest absolute Gasteiger partial charge is 0.255 e. The van der Waals surface area contributed by atoms with Crippen molar-refractivity contribution < 1.29 is 5.11 Å². The van der Waals surface area contributed by atoms with Gasteiger partial charge in [0.1, 0.15) is 0 Å². The van der Waals surface area contributed by atoms with Crippen LogP contribution in [0.15, 0.2) is 29.2 Å². The summed E-state index contributed by atoms with van der Waals surface area (Å²) in [4.78, 5) is 17.0. The van der Waals surface area contributed by atoms with Crippen LogP contribution in [0.5, 0.6) is 0 Å². The van der Waals surface area contributed by atoms with E-state index < -0.39 is 0 Å². The Balaban J connectivity index is 2.01. The van der Waals surface area contributed by atoms with Gasteiger partial charge in [-0.05, 0) is 42.0 Å². The predicted octanol–water partition coefficient (Wildman–Crippen LogP) is 1.96. The molecule has 20 heavy (non-hydrogen) atoms. The van der Waals surface area contributed by atoms with E-state index in [2.05, 4.69) is 9.88 Å². The second-order valence-corrected chi connectivity index (χ2v) is 5.71. The summed E-state index contributed by atoms with van der Waals surface area (Å²) in [5, 5.41) is 11.2. The summed E-state index contributed by atoms with van der Waals surface area (Å²) < 4.78 is 0. The van der Waals surface area contributed by atoms with Gasteiger partial charge in [0.05, 0.1) is 6.61 Å². The standard InChI is InChI=1S/C15H17ClN2O2/c16-11-1-2-12-13(7-11)15(20)17-8-14(12)10-3-4-18(9-10)5-6-19/h1-2,7-8,10,19H,3-6,9H2,(H,17,20). The number of aliphatic hydroxyl groups excluding tert-OH is 1. The van der Waals surface area contributed by atoms with E-state index in [4.69, 9.17) is 16.7 Å². The molecule has 1 aliphatic rings. The molecular weight excluding hydrogens is 276 g/mol. The Hall–Kier alpha value is -1.36. The molecule has 1 aromatic heterocycles. The van der Waals surface area contributed by atoms with Crippen LogP contribution in [0.4, 0.5) is 0 Å². The highest BCUT2D eigenvalue weighted by atomic mass is 35.5. The molecular formula is C15H17ClN2O2. The van der Waals surface area contributed by atoms with E-state index >= 15 is 0 Å². The number of fused-ring (bicyclic) bond motifs is 1. The van der Waals surface area contributed by atoms with Gasteiger partial charge in [0.15, 0.2) is 0 Å². The molecule has 1 atom stereocenters. The number of hydrogen-bond donors (Lipinski definition) is 2. The van der Waals surface area contributed by atoms with Crippen LogP contribution in [0.1, 0.15) is 17.9 Å². The van der Waals surface area contributed by atoms with E-state index in [-0.39, 0.29) is 12.2 Å². The highest BCUT2D eigenvalue weighted by Crippen LogP contribution is 2.31. The molecule has 2 aromatic rings. The van der Waals surface area contributed by atoms with Crippen molar-refractivity contribution in [3.05, 3.63) is 45.3 Å². The molecule has 1 aromatic carbocycles. The number of aromatic amines is 1. The molecule has 1 unspecified atom stereocenters. The summed E-state index contributed by atoms with van der Waals surface area (Å²) in [5.41, 5.74) is 1.06. The van der Waals surface area contributed by atoms with Gasteiger partial charge in [0, 0.05) is 29.7 Å². The van der Waals surface area contributed by atoms with Gasteiger partial charge in [-0.3, -0.25) is 4.79 Å². The Kier molecular flexibility index (Phi) is 3.78. The number of likely N-dealkylation sites (tertiary alicyclic amines) is 1. The van der Waals surface area contributed by atoms with Gasteiger partial charge in [0.2, 0.25) is 0 Å². The van der Waals surface area contributed by atoms with Gasteiger partial charge >= 0.3 is 0 Å². The van der Waals surface area contributed by atoms with Crippen LogP contribution in [0.25, 0.3) is 10.8 Å². The SMILES string of the molecule is O=c1[nH]cc(C2CCN(CCO)C2)c2ccc(Cl)cc12. The summed E-state index contributed by atoms with van der Waals surface area (Å²) in [6.07, 6.45) is 2.87. The number of benzene rings is 1.